The number of hydrogen-bond donors (Lipinski definition) is 2. The molecule has 1 aromatic rings. The topological polar surface area (TPSA) is 83.8 Å². The lowest BCUT2D eigenvalue weighted by atomic mass is 10.0. The van der Waals surface area contributed by atoms with Crippen LogP contribution in [0, 0.1) is 0 Å². The molecule has 1 aromatic carbocycles. The number of hydrogen-bond acceptors (Lipinski definition) is 5. The normalized spacial score (nSPS) is 13.9. The van der Waals surface area contributed by atoms with Crippen LogP contribution in [0.25, 0.3) is 0 Å². The lowest BCUT2D eigenvalue weighted by molar-refractivity contribution is -0.156. The van der Waals surface area contributed by atoms with E-state index in [1.165, 1.54) is 19.1 Å². The molecule has 0 bridgehead atoms. The fraction of sp³-hybridized carbons (Fsp3) is 0.333. The third-order valence-electron chi connectivity index (χ3n) is 2.38. The van der Waals surface area contributed by atoms with Crippen LogP contribution < -0.4 is 0 Å². The van der Waals surface area contributed by atoms with Crippen molar-refractivity contribution in [1.82, 2.24) is 0 Å². The fourth-order valence-corrected chi connectivity index (χ4v) is 1.37. The van der Waals surface area contributed by atoms with Crippen LogP contribution in [0.4, 0.5) is 0 Å². The second-order valence-electron chi connectivity index (χ2n) is 3.59. The SMILES string of the molecule is COC(=O)C(O)C(O)c1cccc(C(C)=O)c1. The predicted octanol–water partition coefficient (Wildman–Crippen LogP) is 0.457. The molecule has 92 valence electrons. The van der Waals surface area contributed by atoms with Crippen LogP contribution in [0.5, 0.6) is 0 Å². The summed E-state index contributed by atoms with van der Waals surface area (Å²) < 4.78 is 4.32. The largest absolute Gasteiger partial charge is 0.467 e. The zero-order chi connectivity index (χ0) is 13.0. The summed E-state index contributed by atoms with van der Waals surface area (Å²) in [6.07, 6.45) is -3.08. The summed E-state index contributed by atoms with van der Waals surface area (Å²) in [4.78, 5) is 22.2. The summed E-state index contributed by atoms with van der Waals surface area (Å²) >= 11 is 0. The molecule has 2 unspecified atom stereocenters. The van der Waals surface area contributed by atoms with Gasteiger partial charge in [0.2, 0.25) is 0 Å². The molecule has 0 aliphatic heterocycles. The van der Waals surface area contributed by atoms with Crippen molar-refractivity contribution in [2.75, 3.05) is 7.11 Å². The summed E-state index contributed by atoms with van der Waals surface area (Å²) in [6.45, 7) is 1.39. The Labute approximate surface area is 98.6 Å². The molecule has 0 heterocycles. The molecule has 2 N–H and O–H groups in total. The van der Waals surface area contributed by atoms with Gasteiger partial charge in [0.05, 0.1) is 7.11 Å². The molecule has 0 aromatic heterocycles. The van der Waals surface area contributed by atoms with Gasteiger partial charge in [-0.05, 0) is 18.6 Å². The standard InChI is InChI=1S/C12H14O5/c1-7(13)8-4-3-5-9(6-8)10(14)11(15)12(16)17-2/h3-6,10-11,14-15H,1-2H3. The average Bonchev–Trinajstić information content (AvgIpc) is 2.36. The van der Waals surface area contributed by atoms with E-state index >= 15 is 0 Å². The lowest BCUT2D eigenvalue weighted by Gasteiger charge is -2.16. The van der Waals surface area contributed by atoms with Gasteiger partial charge in [-0.15, -0.1) is 0 Å². The minimum absolute atomic E-state index is 0.161. The summed E-state index contributed by atoms with van der Waals surface area (Å²) in [5, 5.41) is 19.2. The van der Waals surface area contributed by atoms with Crippen molar-refractivity contribution >= 4 is 11.8 Å². The van der Waals surface area contributed by atoms with Crippen molar-refractivity contribution in [3.05, 3.63) is 35.4 Å². The number of carbonyl (C=O) groups excluding carboxylic acids is 2. The van der Waals surface area contributed by atoms with Crippen LogP contribution in [0.1, 0.15) is 28.9 Å². The molecule has 1 rings (SSSR count). The van der Waals surface area contributed by atoms with Gasteiger partial charge >= 0.3 is 5.97 Å². The number of aliphatic hydroxyl groups excluding tert-OH is 2. The second-order valence-corrected chi connectivity index (χ2v) is 3.59. The molecule has 5 nitrogen and oxygen atoms in total. The van der Waals surface area contributed by atoms with Crippen molar-refractivity contribution in [1.29, 1.82) is 0 Å². The molecule has 0 amide bonds. The van der Waals surface area contributed by atoms with Gasteiger partial charge in [-0.1, -0.05) is 18.2 Å². The van der Waals surface area contributed by atoms with E-state index in [0.29, 0.717) is 5.56 Å². The van der Waals surface area contributed by atoms with E-state index in [4.69, 9.17) is 0 Å². The maximum Gasteiger partial charge on any atom is 0.337 e. The van der Waals surface area contributed by atoms with Crippen LogP contribution in [0.2, 0.25) is 0 Å². The van der Waals surface area contributed by atoms with E-state index < -0.39 is 18.2 Å². The molecule has 0 fully saturated rings. The zero-order valence-corrected chi connectivity index (χ0v) is 9.58. The second kappa shape index (κ2) is 5.56. The molecule has 0 saturated carbocycles. The summed E-state index contributed by atoms with van der Waals surface area (Å²) in [5.41, 5.74) is 0.689. The Balaban J connectivity index is 2.96. The summed E-state index contributed by atoms with van der Waals surface area (Å²) in [6, 6.07) is 6.10. The lowest BCUT2D eigenvalue weighted by Crippen LogP contribution is -2.29. The first-order valence-electron chi connectivity index (χ1n) is 5.02. The van der Waals surface area contributed by atoms with Gasteiger partial charge in [-0.25, -0.2) is 4.79 Å². The van der Waals surface area contributed by atoms with E-state index in [1.807, 2.05) is 0 Å². The first-order chi connectivity index (χ1) is 7.97. The van der Waals surface area contributed by atoms with E-state index in [2.05, 4.69) is 4.74 Å². The average molecular weight is 238 g/mol. The van der Waals surface area contributed by atoms with E-state index in [0.717, 1.165) is 7.11 Å². The first kappa shape index (κ1) is 13.3. The van der Waals surface area contributed by atoms with Gasteiger partial charge in [-0.3, -0.25) is 4.79 Å². The molecular weight excluding hydrogens is 224 g/mol. The minimum Gasteiger partial charge on any atom is -0.467 e. The van der Waals surface area contributed by atoms with Gasteiger partial charge in [0.25, 0.3) is 0 Å². The quantitative estimate of drug-likeness (QED) is 0.588. The van der Waals surface area contributed by atoms with Crippen molar-refractivity contribution < 1.29 is 24.5 Å². The van der Waals surface area contributed by atoms with Crippen molar-refractivity contribution in [3.63, 3.8) is 0 Å². The van der Waals surface area contributed by atoms with E-state index in [9.17, 15) is 19.8 Å². The molecule has 0 radical (unpaired) electrons. The van der Waals surface area contributed by atoms with Crippen LogP contribution >= 0.6 is 0 Å². The van der Waals surface area contributed by atoms with Crippen LogP contribution in [-0.2, 0) is 9.53 Å². The highest BCUT2D eigenvalue weighted by atomic mass is 16.5. The number of ether oxygens (including phenoxy) is 1. The highest BCUT2D eigenvalue weighted by Gasteiger charge is 2.26. The first-order valence-corrected chi connectivity index (χ1v) is 5.02. The molecule has 5 heteroatoms. The van der Waals surface area contributed by atoms with Crippen LogP contribution in [0.3, 0.4) is 0 Å². The van der Waals surface area contributed by atoms with E-state index in [1.54, 1.807) is 12.1 Å². The molecule has 0 aliphatic carbocycles. The van der Waals surface area contributed by atoms with Gasteiger partial charge in [0.15, 0.2) is 11.9 Å². The number of Topliss-reactive ketones (excluding diaryl/α,β-unsaturated/α-hetero) is 1. The Morgan fingerprint density at radius 3 is 2.47 bits per heavy atom. The minimum atomic E-state index is -1.66. The molecule has 17 heavy (non-hydrogen) atoms. The highest BCUT2D eigenvalue weighted by molar-refractivity contribution is 5.94. The molecule has 0 aliphatic rings. The van der Waals surface area contributed by atoms with Gasteiger partial charge in [-0.2, -0.15) is 0 Å². The Morgan fingerprint density at radius 1 is 1.29 bits per heavy atom. The third kappa shape index (κ3) is 3.12. The Bertz CT molecular complexity index is 427. The zero-order valence-electron chi connectivity index (χ0n) is 9.58. The molecular formula is C12H14O5. The molecule has 2 atom stereocenters. The number of carbonyl (C=O) groups is 2. The Morgan fingerprint density at radius 2 is 1.94 bits per heavy atom. The number of ketones is 1. The molecule has 0 saturated heterocycles. The maximum atomic E-state index is 11.1. The number of benzene rings is 1. The van der Waals surface area contributed by atoms with Crippen molar-refractivity contribution in [2.45, 2.75) is 19.1 Å². The van der Waals surface area contributed by atoms with Gasteiger partial charge in [0, 0.05) is 5.56 Å². The highest BCUT2D eigenvalue weighted by Crippen LogP contribution is 2.19. The third-order valence-corrected chi connectivity index (χ3v) is 2.38. The Kier molecular flexibility index (Phi) is 4.37. The molecule has 0 spiro atoms. The number of rotatable bonds is 4. The number of methoxy groups -OCH3 is 1. The van der Waals surface area contributed by atoms with Gasteiger partial charge in [0.1, 0.15) is 6.10 Å². The fourth-order valence-electron chi connectivity index (χ4n) is 1.37. The van der Waals surface area contributed by atoms with Gasteiger partial charge < -0.3 is 14.9 Å². The van der Waals surface area contributed by atoms with Crippen molar-refractivity contribution in [2.24, 2.45) is 0 Å². The van der Waals surface area contributed by atoms with Crippen LogP contribution in [-0.4, -0.2) is 35.2 Å². The Hall–Kier alpha value is -1.72. The van der Waals surface area contributed by atoms with Crippen molar-refractivity contribution in [3.8, 4) is 0 Å². The summed E-state index contributed by atoms with van der Waals surface area (Å²) in [7, 11) is 1.12. The number of aliphatic hydroxyl groups is 2. The van der Waals surface area contributed by atoms with E-state index in [-0.39, 0.29) is 11.3 Å². The predicted molar refractivity (Wildman–Crippen MR) is 59.4 cm³/mol. The van der Waals surface area contributed by atoms with Crippen LogP contribution in [0.15, 0.2) is 24.3 Å². The number of esters is 1. The monoisotopic (exact) mass is 238 g/mol. The maximum absolute atomic E-state index is 11.1. The smallest absolute Gasteiger partial charge is 0.337 e. The summed E-state index contributed by atoms with van der Waals surface area (Å²) in [5.74, 6) is -1.09.